The second kappa shape index (κ2) is 7.45. The Hall–Kier alpha value is -2.41. The minimum absolute atomic E-state index is 0.0301. The largest absolute Gasteiger partial charge is 0.449 e. The van der Waals surface area contributed by atoms with Gasteiger partial charge in [0.1, 0.15) is 16.5 Å². The number of ether oxygens (including phenoxy) is 1. The number of rotatable bonds is 4. The second-order valence-corrected chi connectivity index (χ2v) is 7.28. The van der Waals surface area contributed by atoms with Crippen LogP contribution in [0.1, 0.15) is 43.7 Å². The van der Waals surface area contributed by atoms with Crippen LogP contribution in [-0.4, -0.2) is 33.3 Å². The fourth-order valence-electron chi connectivity index (χ4n) is 2.23. The highest BCUT2D eigenvalue weighted by Gasteiger charge is 2.27. The summed E-state index contributed by atoms with van der Waals surface area (Å²) in [5.74, 6) is -1.56. The summed E-state index contributed by atoms with van der Waals surface area (Å²) in [6, 6.07) is 5.50. The van der Waals surface area contributed by atoms with Gasteiger partial charge in [-0.15, -0.1) is 0 Å². The standard InChI is InChI=1S/C18H21ClFN3O3/c1-10-14(17(25)26-11(2)16(24)21-18(3,4)5)15(19)23(22-10)13-8-6-12(20)7-9-13/h6-9,11H,1-5H3,(H,21,24)/t11-/m0/s1. The molecule has 8 heteroatoms. The van der Waals surface area contributed by atoms with Crippen LogP contribution >= 0.6 is 11.6 Å². The van der Waals surface area contributed by atoms with Crippen molar-refractivity contribution >= 4 is 23.5 Å². The van der Waals surface area contributed by atoms with E-state index in [1.807, 2.05) is 20.8 Å². The summed E-state index contributed by atoms with van der Waals surface area (Å²) in [6.07, 6.45) is -0.994. The predicted octanol–water partition coefficient (Wildman–Crippen LogP) is 3.43. The van der Waals surface area contributed by atoms with Gasteiger partial charge in [-0.3, -0.25) is 4.79 Å². The molecule has 140 valence electrons. The normalized spacial score (nSPS) is 12.6. The first-order valence-corrected chi connectivity index (χ1v) is 8.41. The van der Waals surface area contributed by atoms with Gasteiger partial charge in [0, 0.05) is 5.54 Å². The number of hydrogen-bond acceptors (Lipinski definition) is 4. The predicted molar refractivity (Wildman–Crippen MR) is 96.0 cm³/mol. The monoisotopic (exact) mass is 381 g/mol. The quantitative estimate of drug-likeness (QED) is 0.823. The van der Waals surface area contributed by atoms with Gasteiger partial charge < -0.3 is 10.1 Å². The number of esters is 1. The van der Waals surface area contributed by atoms with Gasteiger partial charge in [0.15, 0.2) is 6.10 Å². The average molecular weight is 382 g/mol. The summed E-state index contributed by atoms with van der Waals surface area (Å²) >= 11 is 6.27. The van der Waals surface area contributed by atoms with Crippen LogP contribution in [0.2, 0.25) is 5.15 Å². The van der Waals surface area contributed by atoms with Crippen molar-refractivity contribution < 1.29 is 18.7 Å². The lowest BCUT2D eigenvalue weighted by Gasteiger charge is -2.23. The van der Waals surface area contributed by atoms with Crippen molar-refractivity contribution in [1.29, 1.82) is 0 Å². The van der Waals surface area contributed by atoms with Crippen molar-refractivity contribution in [2.24, 2.45) is 0 Å². The number of amides is 1. The third-order valence-electron chi connectivity index (χ3n) is 3.43. The van der Waals surface area contributed by atoms with Gasteiger partial charge in [-0.05, 0) is 58.9 Å². The fraction of sp³-hybridized carbons (Fsp3) is 0.389. The molecule has 0 bridgehead atoms. The van der Waals surface area contributed by atoms with E-state index < -0.39 is 29.3 Å². The lowest BCUT2D eigenvalue weighted by atomic mass is 10.1. The zero-order valence-electron chi connectivity index (χ0n) is 15.3. The Labute approximate surface area is 156 Å². The zero-order chi connectivity index (χ0) is 19.6. The Bertz CT molecular complexity index is 825. The number of hydrogen-bond donors (Lipinski definition) is 1. The number of carbonyl (C=O) groups is 2. The fourth-order valence-corrected chi connectivity index (χ4v) is 2.58. The summed E-state index contributed by atoms with van der Waals surface area (Å²) in [7, 11) is 0. The van der Waals surface area contributed by atoms with Crippen molar-refractivity contribution in [1.82, 2.24) is 15.1 Å². The number of benzene rings is 1. The van der Waals surface area contributed by atoms with Crippen molar-refractivity contribution in [3.05, 3.63) is 46.5 Å². The Morgan fingerprint density at radius 2 is 1.85 bits per heavy atom. The minimum atomic E-state index is -0.994. The molecule has 1 N–H and O–H groups in total. The molecule has 1 amide bonds. The molecule has 2 rings (SSSR count). The Balaban J connectivity index is 2.22. The van der Waals surface area contributed by atoms with Crippen LogP contribution in [-0.2, 0) is 9.53 Å². The number of nitrogens with one attached hydrogen (secondary N) is 1. The van der Waals surface area contributed by atoms with E-state index in [0.29, 0.717) is 11.4 Å². The number of aromatic nitrogens is 2. The molecule has 0 fully saturated rings. The maximum absolute atomic E-state index is 13.1. The topological polar surface area (TPSA) is 73.2 Å². The van der Waals surface area contributed by atoms with E-state index in [-0.39, 0.29) is 10.7 Å². The molecule has 1 aromatic carbocycles. The molecule has 6 nitrogen and oxygen atoms in total. The van der Waals surface area contributed by atoms with Crippen LogP contribution < -0.4 is 5.32 Å². The van der Waals surface area contributed by atoms with E-state index >= 15 is 0 Å². The van der Waals surface area contributed by atoms with Gasteiger partial charge in [0.05, 0.1) is 11.4 Å². The van der Waals surface area contributed by atoms with Crippen molar-refractivity contribution in [2.75, 3.05) is 0 Å². The molecule has 1 heterocycles. The third kappa shape index (κ3) is 4.60. The van der Waals surface area contributed by atoms with E-state index in [1.165, 1.54) is 35.9 Å². The molecule has 1 aromatic heterocycles. The van der Waals surface area contributed by atoms with Crippen molar-refractivity contribution in [3.8, 4) is 5.69 Å². The Morgan fingerprint density at radius 3 is 2.38 bits per heavy atom. The molecule has 26 heavy (non-hydrogen) atoms. The molecular formula is C18H21ClFN3O3. The van der Waals surface area contributed by atoms with Gasteiger partial charge in [0.2, 0.25) is 0 Å². The van der Waals surface area contributed by atoms with Gasteiger partial charge >= 0.3 is 5.97 Å². The van der Waals surface area contributed by atoms with Crippen LogP contribution in [0.5, 0.6) is 0 Å². The van der Waals surface area contributed by atoms with Crippen LogP contribution in [0.15, 0.2) is 24.3 Å². The summed E-state index contributed by atoms with van der Waals surface area (Å²) in [5, 5.41) is 6.97. The maximum Gasteiger partial charge on any atom is 0.344 e. The van der Waals surface area contributed by atoms with Gasteiger partial charge in [-0.25, -0.2) is 13.9 Å². The lowest BCUT2D eigenvalue weighted by molar-refractivity contribution is -0.130. The van der Waals surface area contributed by atoms with E-state index in [4.69, 9.17) is 16.3 Å². The highest BCUT2D eigenvalue weighted by Crippen LogP contribution is 2.25. The average Bonchev–Trinajstić information content (AvgIpc) is 2.81. The van der Waals surface area contributed by atoms with Gasteiger partial charge in [-0.2, -0.15) is 5.10 Å². The first-order chi connectivity index (χ1) is 12.0. The van der Waals surface area contributed by atoms with Crippen LogP contribution in [0.3, 0.4) is 0 Å². The summed E-state index contributed by atoms with van der Waals surface area (Å²) in [6.45, 7) is 8.56. The zero-order valence-corrected chi connectivity index (χ0v) is 16.0. The molecule has 0 radical (unpaired) electrons. The molecule has 0 spiro atoms. The molecule has 0 aliphatic carbocycles. The number of aryl methyl sites for hydroxylation is 1. The van der Waals surface area contributed by atoms with Crippen LogP contribution in [0.4, 0.5) is 4.39 Å². The first-order valence-electron chi connectivity index (χ1n) is 8.03. The molecule has 1 atom stereocenters. The molecule has 2 aromatic rings. The lowest BCUT2D eigenvalue weighted by Crippen LogP contribution is -2.46. The highest BCUT2D eigenvalue weighted by molar-refractivity contribution is 6.33. The SMILES string of the molecule is Cc1nn(-c2ccc(F)cc2)c(Cl)c1C(=O)O[C@@H](C)C(=O)NC(C)(C)C. The van der Waals surface area contributed by atoms with E-state index in [9.17, 15) is 14.0 Å². The van der Waals surface area contributed by atoms with Crippen LogP contribution in [0.25, 0.3) is 5.69 Å². The van der Waals surface area contributed by atoms with Crippen LogP contribution in [0, 0.1) is 12.7 Å². The molecule has 0 aliphatic heterocycles. The summed E-state index contributed by atoms with van der Waals surface area (Å²) in [4.78, 5) is 24.5. The number of halogens is 2. The Kier molecular flexibility index (Phi) is 5.71. The molecule has 0 unspecified atom stereocenters. The smallest absolute Gasteiger partial charge is 0.344 e. The summed E-state index contributed by atoms with van der Waals surface area (Å²) < 4.78 is 19.6. The van der Waals surface area contributed by atoms with E-state index in [2.05, 4.69) is 10.4 Å². The number of nitrogens with zero attached hydrogens (tertiary/aromatic N) is 2. The maximum atomic E-state index is 13.1. The molecule has 0 saturated heterocycles. The first kappa shape index (κ1) is 19.9. The van der Waals surface area contributed by atoms with Crippen molar-refractivity contribution in [2.45, 2.75) is 46.3 Å². The van der Waals surface area contributed by atoms with E-state index in [1.54, 1.807) is 6.92 Å². The van der Waals surface area contributed by atoms with Gasteiger partial charge in [0.25, 0.3) is 5.91 Å². The third-order valence-corrected chi connectivity index (χ3v) is 3.78. The van der Waals surface area contributed by atoms with E-state index in [0.717, 1.165) is 0 Å². The molecular weight excluding hydrogens is 361 g/mol. The highest BCUT2D eigenvalue weighted by atomic mass is 35.5. The second-order valence-electron chi connectivity index (χ2n) is 6.93. The number of carbonyl (C=O) groups excluding carboxylic acids is 2. The summed E-state index contributed by atoms with van der Waals surface area (Å²) in [5.41, 5.74) is 0.454. The van der Waals surface area contributed by atoms with Crippen molar-refractivity contribution in [3.63, 3.8) is 0 Å². The minimum Gasteiger partial charge on any atom is -0.449 e. The Morgan fingerprint density at radius 1 is 1.27 bits per heavy atom. The molecule has 0 saturated carbocycles. The molecule has 0 aliphatic rings. The van der Waals surface area contributed by atoms with Gasteiger partial charge in [-0.1, -0.05) is 11.6 Å².